The molecule has 0 radical (unpaired) electrons. The Bertz CT molecular complexity index is 169. The van der Waals surface area contributed by atoms with Crippen molar-refractivity contribution in [1.29, 1.82) is 0 Å². The van der Waals surface area contributed by atoms with Crippen molar-refractivity contribution in [2.75, 3.05) is 26.2 Å². The number of hydrogen-bond donors (Lipinski definition) is 1. The van der Waals surface area contributed by atoms with Gasteiger partial charge in [0, 0.05) is 6.54 Å². The summed E-state index contributed by atoms with van der Waals surface area (Å²) in [5.74, 6) is 0. The molecule has 3 heteroatoms. The van der Waals surface area contributed by atoms with Crippen LogP contribution in [0.25, 0.3) is 0 Å². The second kappa shape index (κ2) is 5.10. The van der Waals surface area contributed by atoms with Crippen molar-refractivity contribution in [2.45, 2.75) is 44.3 Å². The Balaban J connectivity index is 1.69. The van der Waals surface area contributed by atoms with Crippen molar-refractivity contribution >= 4 is 0 Å². The minimum Gasteiger partial charge on any atom is -0.394 e. The molecule has 2 fully saturated rings. The van der Waals surface area contributed by atoms with E-state index in [9.17, 15) is 0 Å². The third-order valence-electron chi connectivity index (χ3n) is 3.31. The molecule has 1 N–H and O–H groups in total. The van der Waals surface area contributed by atoms with Crippen LogP contribution in [0.2, 0.25) is 0 Å². The van der Waals surface area contributed by atoms with Gasteiger partial charge in [-0.15, -0.1) is 0 Å². The van der Waals surface area contributed by atoms with Crippen LogP contribution in [-0.2, 0) is 4.74 Å². The normalized spacial score (nSPS) is 34.9. The molecule has 2 heterocycles. The van der Waals surface area contributed by atoms with E-state index in [1.54, 1.807) is 0 Å². The maximum Gasteiger partial charge on any atom is 0.0811 e. The third kappa shape index (κ3) is 2.69. The van der Waals surface area contributed by atoms with Gasteiger partial charge in [0.15, 0.2) is 0 Å². The second-order valence-electron chi connectivity index (χ2n) is 4.50. The minimum absolute atomic E-state index is 0.116. The fourth-order valence-electron chi connectivity index (χ4n) is 2.48. The molecule has 0 bridgehead atoms. The van der Waals surface area contributed by atoms with E-state index in [4.69, 9.17) is 9.84 Å². The van der Waals surface area contributed by atoms with Crippen LogP contribution >= 0.6 is 0 Å². The Morgan fingerprint density at radius 3 is 2.43 bits per heavy atom. The Morgan fingerprint density at radius 2 is 1.79 bits per heavy atom. The van der Waals surface area contributed by atoms with Gasteiger partial charge < -0.3 is 14.7 Å². The number of aliphatic hydroxyl groups excluding tert-OH is 1. The highest BCUT2D eigenvalue weighted by Gasteiger charge is 2.26. The molecule has 0 aliphatic carbocycles. The van der Waals surface area contributed by atoms with Gasteiger partial charge in [0.2, 0.25) is 0 Å². The smallest absolute Gasteiger partial charge is 0.0811 e. The maximum atomic E-state index is 8.95. The van der Waals surface area contributed by atoms with E-state index in [1.807, 2.05) is 0 Å². The molecule has 0 amide bonds. The van der Waals surface area contributed by atoms with Crippen LogP contribution in [0.4, 0.5) is 0 Å². The first kappa shape index (κ1) is 10.4. The Hall–Kier alpha value is -0.120. The summed E-state index contributed by atoms with van der Waals surface area (Å²) < 4.78 is 5.72. The molecular weight excluding hydrogens is 178 g/mol. The summed E-state index contributed by atoms with van der Waals surface area (Å²) in [4.78, 5) is 2.51. The van der Waals surface area contributed by atoms with E-state index < -0.39 is 0 Å². The van der Waals surface area contributed by atoms with Gasteiger partial charge in [0.1, 0.15) is 0 Å². The average molecular weight is 199 g/mol. The Morgan fingerprint density at radius 1 is 1.07 bits per heavy atom. The van der Waals surface area contributed by atoms with Gasteiger partial charge in [-0.25, -0.2) is 0 Å². The molecular formula is C11H21NO2. The van der Waals surface area contributed by atoms with Gasteiger partial charge >= 0.3 is 0 Å². The fourth-order valence-corrected chi connectivity index (χ4v) is 2.48. The number of ether oxygens (including phenoxy) is 1. The zero-order valence-electron chi connectivity index (χ0n) is 8.82. The summed E-state index contributed by atoms with van der Waals surface area (Å²) in [6.45, 7) is 3.75. The zero-order valence-corrected chi connectivity index (χ0v) is 8.82. The van der Waals surface area contributed by atoms with Gasteiger partial charge in [0.05, 0.1) is 18.8 Å². The minimum atomic E-state index is 0.116. The monoisotopic (exact) mass is 199 g/mol. The molecule has 0 saturated carbocycles. The lowest BCUT2D eigenvalue weighted by molar-refractivity contribution is -0.00548. The number of aliphatic hydroxyl groups is 1. The van der Waals surface area contributed by atoms with Gasteiger partial charge in [-0.05, 0) is 38.8 Å². The number of nitrogens with zero attached hydrogens (tertiary/aromatic N) is 1. The summed E-state index contributed by atoms with van der Waals surface area (Å²) in [6, 6.07) is 0. The van der Waals surface area contributed by atoms with Crippen molar-refractivity contribution in [1.82, 2.24) is 4.90 Å². The molecule has 2 aliphatic heterocycles. The molecule has 0 aromatic rings. The van der Waals surface area contributed by atoms with Crippen LogP contribution in [0.5, 0.6) is 0 Å². The van der Waals surface area contributed by atoms with Crippen LogP contribution in [0.3, 0.4) is 0 Å². The number of hydrogen-bond acceptors (Lipinski definition) is 3. The molecule has 0 unspecified atom stereocenters. The summed E-state index contributed by atoms with van der Waals surface area (Å²) in [5.41, 5.74) is 0. The van der Waals surface area contributed by atoms with Crippen LogP contribution in [-0.4, -0.2) is 48.5 Å². The van der Waals surface area contributed by atoms with Crippen molar-refractivity contribution in [3.05, 3.63) is 0 Å². The molecule has 0 aromatic heterocycles. The van der Waals surface area contributed by atoms with Gasteiger partial charge in [-0.3, -0.25) is 0 Å². The number of piperidine rings is 1. The maximum absolute atomic E-state index is 8.95. The average Bonchev–Trinajstić information content (AvgIpc) is 2.67. The highest BCUT2D eigenvalue weighted by atomic mass is 16.5. The SMILES string of the molecule is OC[C@@H]1CC[C@H](CN2CCCCC2)O1. The molecule has 82 valence electrons. The quantitative estimate of drug-likeness (QED) is 0.736. The lowest BCUT2D eigenvalue weighted by Gasteiger charge is -2.28. The molecule has 3 nitrogen and oxygen atoms in total. The predicted molar refractivity (Wildman–Crippen MR) is 55.3 cm³/mol. The van der Waals surface area contributed by atoms with Crippen LogP contribution in [0.1, 0.15) is 32.1 Å². The van der Waals surface area contributed by atoms with E-state index in [1.165, 1.54) is 32.4 Å². The van der Waals surface area contributed by atoms with E-state index in [0.29, 0.717) is 6.10 Å². The molecule has 2 saturated heterocycles. The van der Waals surface area contributed by atoms with Gasteiger partial charge in [0.25, 0.3) is 0 Å². The zero-order chi connectivity index (χ0) is 9.80. The predicted octanol–water partition coefficient (Wildman–Crippen LogP) is 1.01. The lowest BCUT2D eigenvalue weighted by atomic mass is 10.1. The Labute approximate surface area is 86.0 Å². The molecule has 2 aliphatic rings. The molecule has 0 spiro atoms. The van der Waals surface area contributed by atoms with Crippen LogP contribution in [0.15, 0.2) is 0 Å². The summed E-state index contributed by atoms with van der Waals surface area (Å²) >= 11 is 0. The topological polar surface area (TPSA) is 32.7 Å². The van der Waals surface area contributed by atoms with Crippen LogP contribution in [0, 0.1) is 0 Å². The van der Waals surface area contributed by atoms with Crippen molar-refractivity contribution in [3.63, 3.8) is 0 Å². The van der Waals surface area contributed by atoms with Crippen LogP contribution < -0.4 is 0 Å². The first-order chi connectivity index (χ1) is 6.88. The largest absolute Gasteiger partial charge is 0.394 e. The lowest BCUT2D eigenvalue weighted by Crippen LogP contribution is -2.36. The van der Waals surface area contributed by atoms with Crippen molar-refractivity contribution < 1.29 is 9.84 Å². The molecule has 0 aromatic carbocycles. The molecule has 2 rings (SSSR count). The third-order valence-corrected chi connectivity index (χ3v) is 3.31. The standard InChI is InChI=1S/C11H21NO2/c13-9-11-5-4-10(14-11)8-12-6-2-1-3-7-12/h10-11,13H,1-9H2/t10-,11+/m1/s1. The van der Waals surface area contributed by atoms with Crippen molar-refractivity contribution in [2.24, 2.45) is 0 Å². The molecule has 14 heavy (non-hydrogen) atoms. The van der Waals surface area contributed by atoms with E-state index in [2.05, 4.69) is 4.90 Å². The number of rotatable bonds is 3. The van der Waals surface area contributed by atoms with E-state index in [-0.39, 0.29) is 12.7 Å². The summed E-state index contributed by atoms with van der Waals surface area (Å²) in [6.07, 6.45) is 6.74. The highest BCUT2D eigenvalue weighted by molar-refractivity contribution is 4.77. The number of likely N-dealkylation sites (tertiary alicyclic amines) is 1. The second-order valence-corrected chi connectivity index (χ2v) is 4.50. The fraction of sp³-hybridized carbons (Fsp3) is 1.00. The highest BCUT2D eigenvalue weighted by Crippen LogP contribution is 2.21. The Kier molecular flexibility index (Phi) is 3.79. The summed E-state index contributed by atoms with van der Waals surface area (Å²) in [5, 5.41) is 8.95. The molecule has 2 atom stereocenters. The van der Waals surface area contributed by atoms with E-state index in [0.717, 1.165) is 19.4 Å². The first-order valence-electron chi connectivity index (χ1n) is 5.87. The summed E-state index contributed by atoms with van der Waals surface area (Å²) in [7, 11) is 0. The van der Waals surface area contributed by atoms with Gasteiger partial charge in [-0.2, -0.15) is 0 Å². The van der Waals surface area contributed by atoms with Gasteiger partial charge in [-0.1, -0.05) is 6.42 Å². The van der Waals surface area contributed by atoms with E-state index >= 15 is 0 Å². The van der Waals surface area contributed by atoms with Crippen molar-refractivity contribution in [3.8, 4) is 0 Å². The first-order valence-corrected chi connectivity index (χ1v) is 5.87.